The Bertz CT molecular complexity index is 69.5. The maximum atomic E-state index is 5.51. The predicted molar refractivity (Wildman–Crippen MR) is 41.4 cm³/mol. The Morgan fingerprint density at radius 2 is 1.89 bits per heavy atom. The van der Waals surface area contributed by atoms with Crippen molar-refractivity contribution >= 4 is 0 Å². The molecule has 0 saturated carbocycles. The highest BCUT2D eigenvalue weighted by molar-refractivity contribution is 4.79. The topological polar surface area (TPSA) is 38.0 Å². The number of rotatable bonds is 2. The van der Waals surface area contributed by atoms with E-state index in [1.165, 1.54) is 0 Å². The third-order valence-corrected chi connectivity index (χ3v) is 1.63. The summed E-state index contributed by atoms with van der Waals surface area (Å²) in [6, 6.07) is 0.428. The first-order chi connectivity index (χ1) is 4.02. The summed E-state index contributed by atoms with van der Waals surface area (Å²) in [5, 5.41) is 3.17. The number of likely N-dealkylation sites (N-methyl/N-ethyl adjacent to an activating group) is 1. The Labute approximate surface area is 57.8 Å². The molecular weight excluding hydrogens is 112 g/mol. The highest BCUT2D eigenvalue weighted by Gasteiger charge is 2.20. The van der Waals surface area contributed by atoms with Crippen molar-refractivity contribution in [3.8, 4) is 0 Å². The zero-order valence-corrected chi connectivity index (χ0v) is 6.86. The summed E-state index contributed by atoms with van der Waals surface area (Å²) in [4.78, 5) is 0. The van der Waals surface area contributed by atoms with Crippen molar-refractivity contribution in [1.29, 1.82) is 0 Å². The van der Waals surface area contributed by atoms with E-state index in [1.807, 2.05) is 7.05 Å². The summed E-state index contributed by atoms with van der Waals surface area (Å²) >= 11 is 0. The zero-order valence-electron chi connectivity index (χ0n) is 6.86. The van der Waals surface area contributed by atoms with Gasteiger partial charge in [-0.3, -0.25) is 0 Å². The average Bonchev–Trinajstić information content (AvgIpc) is 1.65. The molecule has 2 nitrogen and oxygen atoms in total. The number of nitrogens with two attached hydrogens (primary N) is 1. The summed E-state index contributed by atoms with van der Waals surface area (Å²) < 4.78 is 0. The fourth-order valence-corrected chi connectivity index (χ4v) is 0.904. The van der Waals surface area contributed by atoms with Gasteiger partial charge in [-0.05, 0) is 12.5 Å². The Kier molecular flexibility index (Phi) is 3.15. The van der Waals surface area contributed by atoms with Gasteiger partial charge in [0.1, 0.15) is 0 Å². The number of hydrogen-bond donors (Lipinski definition) is 2. The largest absolute Gasteiger partial charge is 0.329 e. The first kappa shape index (κ1) is 8.92. The van der Waals surface area contributed by atoms with E-state index >= 15 is 0 Å². The molecule has 0 aromatic carbocycles. The van der Waals surface area contributed by atoms with Crippen LogP contribution in [0.25, 0.3) is 0 Å². The smallest absolute Gasteiger partial charge is 0.0235 e. The van der Waals surface area contributed by atoms with Gasteiger partial charge in [0.25, 0.3) is 0 Å². The van der Waals surface area contributed by atoms with Crippen molar-refractivity contribution < 1.29 is 0 Å². The second-order valence-electron chi connectivity index (χ2n) is 3.44. The van der Waals surface area contributed by atoms with Crippen molar-refractivity contribution in [3.63, 3.8) is 0 Å². The van der Waals surface area contributed by atoms with Crippen LogP contribution in [0.5, 0.6) is 0 Å². The molecule has 0 heterocycles. The quantitative estimate of drug-likeness (QED) is 0.574. The van der Waals surface area contributed by atoms with E-state index in [-0.39, 0.29) is 5.41 Å². The minimum Gasteiger partial charge on any atom is -0.329 e. The average molecular weight is 130 g/mol. The van der Waals surface area contributed by atoms with Crippen molar-refractivity contribution in [2.45, 2.75) is 26.8 Å². The molecule has 0 aromatic rings. The van der Waals surface area contributed by atoms with Crippen molar-refractivity contribution in [2.24, 2.45) is 11.1 Å². The second kappa shape index (κ2) is 3.18. The van der Waals surface area contributed by atoms with Crippen LogP contribution in [0.1, 0.15) is 20.8 Å². The Balaban J connectivity index is 3.79. The van der Waals surface area contributed by atoms with E-state index in [0.29, 0.717) is 12.6 Å². The molecule has 0 aliphatic heterocycles. The van der Waals surface area contributed by atoms with Crippen molar-refractivity contribution in [2.75, 3.05) is 13.6 Å². The predicted octanol–water partition coefficient (Wildman–Crippen LogP) is 0.579. The standard InChI is InChI=1S/C7H18N2/c1-7(2,3)6(5-8)9-4/h6,9H,5,8H2,1-4H3/t6-/m0/s1. The second-order valence-corrected chi connectivity index (χ2v) is 3.44. The van der Waals surface area contributed by atoms with E-state index in [9.17, 15) is 0 Å². The molecule has 0 saturated heterocycles. The third-order valence-electron chi connectivity index (χ3n) is 1.63. The monoisotopic (exact) mass is 130 g/mol. The first-order valence-electron chi connectivity index (χ1n) is 3.39. The summed E-state index contributed by atoms with van der Waals surface area (Å²) in [5.41, 5.74) is 5.79. The van der Waals surface area contributed by atoms with Crippen LogP contribution in [0.4, 0.5) is 0 Å². The molecule has 0 aromatic heterocycles. The molecule has 56 valence electrons. The van der Waals surface area contributed by atoms with Crippen LogP contribution in [0.15, 0.2) is 0 Å². The van der Waals surface area contributed by atoms with E-state index in [4.69, 9.17) is 5.73 Å². The molecule has 0 unspecified atom stereocenters. The molecule has 9 heavy (non-hydrogen) atoms. The summed E-state index contributed by atoms with van der Waals surface area (Å²) in [6.45, 7) is 7.25. The van der Waals surface area contributed by atoms with E-state index in [2.05, 4.69) is 26.1 Å². The lowest BCUT2D eigenvalue weighted by molar-refractivity contribution is 0.287. The van der Waals surface area contributed by atoms with Gasteiger partial charge in [-0.2, -0.15) is 0 Å². The van der Waals surface area contributed by atoms with Gasteiger partial charge in [0.05, 0.1) is 0 Å². The first-order valence-corrected chi connectivity index (χ1v) is 3.39. The molecule has 0 bridgehead atoms. The molecular formula is C7H18N2. The van der Waals surface area contributed by atoms with Crippen LogP contribution in [-0.4, -0.2) is 19.6 Å². The zero-order chi connectivity index (χ0) is 7.49. The molecule has 2 heteroatoms. The fourth-order valence-electron chi connectivity index (χ4n) is 0.904. The minimum atomic E-state index is 0.281. The van der Waals surface area contributed by atoms with Crippen molar-refractivity contribution in [3.05, 3.63) is 0 Å². The van der Waals surface area contributed by atoms with Crippen LogP contribution in [0.2, 0.25) is 0 Å². The van der Waals surface area contributed by atoms with E-state index < -0.39 is 0 Å². The van der Waals surface area contributed by atoms with Gasteiger partial charge in [-0.25, -0.2) is 0 Å². The van der Waals surface area contributed by atoms with Gasteiger partial charge < -0.3 is 11.1 Å². The van der Waals surface area contributed by atoms with Gasteiger partial charge in [0.2, 0.25) is 0 Å². The van der Waals surface area contributed by atoms with Gasteiger partial charge >= 0.3 is 0 Å². The normalized spacial score (nSPS) is 15.7. The van der Waals surface area contributed by atoms with Gasteiger partial charge in [0.15, 0.2) is 0 Å². The van der Waals surface area contributed by atoms with Gasteiger partial charge in [-0.1, -0.05) is 20.8 Å². The minimum absolute atomic E-state index is 0.281. The highest BCUT2D eigenvalue weighted by atomic mass is 14.9. The van der Waals surface area contributed by atoms with E-state index in [0.717, 1.165) is 0 Å². The van der Waals surface area contributed by atoms with Crippen LogP contribution < -0.4 is 11.1 Å². The molecule has 3 N–H and O–H groups in total. The molecule has 0 spiro atoms. The van der Waals surface area contributed by atoms with Crippen LogP contribution >= 0.6 is 0 Å². The molecule has 0 aliphatic carbocycles. The van der Waals surface area contributed by atoms with Crippen LogP contribution in [0, 0.1) is 5.41 Å². The van der Waals surface area contributed by atoms with Crippen molar-refractivity contribution in [1.82, 2.24) is 5.32 Å². The van der Waals surface area contributed by atoms with Crippen LogP contribution in [-0.2, 0) is 0 Å². The lowest BCUT2D eigenvalue weighted by atomic mass is 9.87. The number of hydrogen-bond acceptors (Lipinski definition) is 2. The molecule has 1 atom stereocenters. The summed E-state index contributed by atoms with van der Waals surface area (Å²) in [6.07, 6.45) is 0. The number of nitrogens with one attached hydrogen (secondary N) is 1. The Hall–Kier alpha value is -0.0800. The molecule has 0 rings (SSSR count). The van der Waals surface area contributed by atoms with Crippen LogP contribution in [0.3, 0.4) is 0 Å². The SMILES string of the molecule is CN[C@@H](CN)C(C)(C)C. The molecule has 0 aliphatic rings. The van der Waals surface area contributed by atoms with E-state index in [1.54, 1.807) is 0 Å². The van der Waals surface area contributed by atoms with Gasteiger partial charge in [-0.15, -0.1) is 0 Å². The summed E-state index contributed by atoms with van der Waals surface area (Å²) in [7, 11) is 1.95. The Morgan fingerprint density at radius 1 is 1.44 bits per heavy atom. The third kappa shape index (κ3) is 2.82. The summed E-state index contributed by atoms with van der Waals surface area (Å²) in [5.74, 6) is 0. The molecule has 0 radical (unpaired) electrons. The molecule has 0 fully saturated rings. The fraction of sp³-hybridized carbons (Fsp3) is 1.00. The maximum Gasteiger partial charge on any atom is 0.0235 e. The molecule has 0 amide bonds. The Morgan fingerprint density at radius 3 is 1.89 bits per heavy atom. The highest BCUT2D eigenvalue weighted by Crippen LogP contribution is 2.17. The lowest BCUT2D eigenvalue weighted by Gasteiger charge is -2.28. The lowest BCUT2D eigenvalue weighted by Crippen LogP contribution is -2.43. The van der Waals surface area contributed by atoms with Gasteiger partial charge in [0, 0.05) is 12.6 Å². The maximum absolute atomic E-state index is 5.51.